The number of imidazole rings is 1. The molecule has 2 aliphatic rings. The standard InChI is InChI=1S/C26H33N7O4/c1-25(2,3)23-29-20(30-37-23)19-18-15-27-16-9-7-8-10-17(16)33(18)21(28-19)22(34)31-11-13-32(14-12-31)24(35)36-26(4,5)6/h7-10,27H,11-15H2,1-6H3. The van der Waals surface area contributed by atoms with Gasteiger partial charge in [-0.3, -0.25) is 9.36 Å². The molecule has 11 heteroatoms. The number of carbonyl (C=O) groups is 2. The van der Waals surface area contributed by atoms with E-state index in [1.165, 1.54) is 0 Å². The maximum atomic E-state index is 13.8. The van der Waals surface area contributed by atoms with Gasteiger partial charge in [0.25, 0.3) is 5.91 Å². The molecule has 1 N–H and O–H groups in total. The Morgan fingerprint density at radius 2 is 1.65 bits per heavy atom. The van der Waals surface area contributed by atoms with Crippen LogP contribution in [0.1, 0.15) is 63.7 Å². The molecule has 37 heavy (non-hydrogen) atoms. The second-order valence-corrected chi connectivity index (χ2v) is 11.4. The molecule has 0 atom stereocenters. The molecule has 3 aromatic rings. The number of carbonyl (C=O) groups excluding carboxylic acids is 2. The lowest BCUT2D eigenvalue weighted by Gasteiger charge is -2.35. The Kier molecular flexibility index (Phi) is 5.96. The first kappa shape index (κ1) is 24.8. The van der Waals surface area contributed by atoms with Gasteiger partial charge in [0.15, 0.2) is 0 Å². The summed E-state index contributed by atoms with van der Waals surface area (Å²) in [5.41, 5.74) is 2.15. The average molecular weight is 508 g/mol. The predicted molar refractivity (Wildman–Crippen MR) is 137 cm³/mol. The minimum atomic E-state index is -0.571. The molecule has 2 aromatic heterocycles. The Morgan fingerprint density at radius 1 is 0.973 bits per heavy atom. The number of benzene rings is 1. The second-order valence-electron chi connectivity index (χ2n) is 11.4. The molecule has 0 unspecified atom stereocenters. The van der Waals surface area contributed by atoms with Gasteiger partial charge in [-0.15, -0.1) is 0 Å². The minimum Gasteiger partial charge on any atom is -0.444 e. The molecule has 0 aliphatic carbocycles. The summed E-state index contributed by atoms with van der Waals surface area (Å²) in [7, 11) is 0. The van der Waals surface area contributed by atoms with Crippen molar-refractivity contribution < 1.29 is 18.8 Å². The SMILES string of the molecule is CC(C)(C)OC(=O)N1CCN(C(=O)c2nc(-c3noc(C(C)(C)C)n3)c3n2-c2ccccc2NC3)CC1. The molecule has 1 aromatic carbocycles. The largest absolute Gasteiger partial charge is 0.444 e. The topological polar surface area (TPSA) is 119 Å². The van der Waals surface area contributed by atoms with Crippen LogP contribution in [0.25, 0.3) is 17.2 Å². The number of hydrogen-bond donors (Lipinski definition) is 1. The molecule has 196 valence electrons. The normalized spacial score (nSPS) is 15.6. The molecule has 2 amide bonds. The number of fused-ring (bicyclic) bond motifs is 3. The van der Waals surface area contributed by atoms with Gasteiger partial charge in [-0.2, -0.15) is 4.98 Å². The Balaban J connectivity index is 1.47. The molecule has 0 saturated carbocycles. The van der Waals surface area contributed by atoms with Crippen LogP contribution in [-0.2, 0) is 16.7 Å². The van der Waals surface area contributed by atoms with Gasteiger partial charge in [0.2, 0.25) is 17.5 Å². The number of aromatic nitrogens is 4. The van der Waals surface area contributed by atoms with Crippen molar-refractivity contribution in [1.82, 2.24) is 29.5 Å². The zero-order valence-electron chi connectivity index (χ0n) is 22.2. The van der Waals surface area contributed by atoms with E-state index in [4.69, 9.17) is 14.2 Å². The first-order valence-electron chi connectivity index (χ1n) is 12.5. The van der Waals surface area contributed by atoms with Gasteiger partial charge in [0, 0.05) is 31.6 Å². The van der Waals surface area contributed by atoms with Crippen LogP contribution in [0, 0.1) is 0 Å². The summed E-state index contributed by atoms with van der Waals surface area (Å²) in [5.74, 6) is 0.919. The Labute approximate surface area is 215 Å². The van der Waals surface area contributed by atoms with Gasteiger partial charge >= 0.3 is 6.09 Å². The van der Waals surface area contributed by atoms with Crippen molar-refractivity contribution in [3.63, 3.8) is 0 Å². The lowest BCUT2D eigenvalue weighted by atomic mass is 9.97. The third kappa shape index (κ3) is 4.77. The van der Waals surface area contributed by atoms with E-state index in [1.807, 2.05) is 70.4 Å². The number of piperazine rings is 1. The molecule has 0 bridgehead atoms. The van der Waals surface area contributed by atoms with Gasteiger partial charge < -0.3 is 24.4 Å². The van der Waals surface area contributed by atoms with E-state index in [-0.39, 0.29) is 23.2 Å². The highest BCUT2D eigenvalue weighted by atomic mass is 16.6. The maximum Gasteiger partial charge on any atom is 0.410 e. The lowest BCUT2D eigenvalue weighted by molar-refractivity contribution is 0.0139. The van der Waals surface area contributed by atoms with Gasteiger partial charge in [0.1, 0.15) is 11.3 Å². The van der Waals surface area contributed by atoms with Gasteiger partial charge in [-0.25, -0.2) is 9.78 Å². The molecular weight excluding hydrogens is 474 g/mol. The summed E-state index contributed by atoms with van der Waals surface area (Å²) < 4.78 is 12.9. The quantitative estimate of drug-likeness (QED) is 0.556. The number of nitrogens with one attached hydrogen (secondary N) is 1. The van der Waals surface area contributed by atoms with E-state index in [9.17, 15) is 9.59 Å². The summed E-state index contributed by atoms with van der Waals surface area (Å²) in [6.07, 6.45) is -0.369. The Bertz CT molecular complexity index is 1340. The Hall–Kier alpha value is -3.89. The van der Waals surface area contributed by atoms with Crippen molar-refractivity contribution in [2.45, 2.75) is 59.1 Å². The third-order valence-electron chi connectivity index (χ3n) is 6.25. The molecule has 2 aliphatic heterocycles. The zero-order valence-corrected chi connectivity index (χ0v) is 22.2. The van der Waals surface area contributed by atoms with Crippen LogP contribution in [-0.4, -0.2) is 73.3 Å². The summed E-state index contributed by atoms with van der Waals surface area (Å²) >= 11 is 0. The summed E-state index contributed by atoms with van der Waals surface area (Å²) in [6, 6.07) is 7.79. The molecule has 0 spiro atoms. The fourth-order valence-corrected chi connectivity index (χ4v) is 4.38. The number of rotatable bonds is 2. The van der Waals surface area contributed by atoms with E-state index >= 15 is 0 Å². The highest BCUT2D eigenvalue weighted by Crippen LogP contribution is 2.35. The predicted octanol–water partition coefficient (Wildman–Crippen LogP) is 3.84. The lowest BCUT2D eigenvalue weighted by Crippen LogP contribution is -2.52. The van der Waals surface area contributed by atoms with E-state index in [1.54, 1.807) is 9.80 Å². The smallest absolute Gasteiger partial charge is 0.410 e. The van der Waals surface area contributed by atoms with Crippen molar-refractivity contribution in [3.05, 3.63) is 41.7 Å². The number of anilines is 1. The second kappa shape index (κ2) is 8.89. The molecule has 0 radical (unpaired) electrons. The first-order valence-corrected chi connectivity index (χ1v) is 12.5. The van der Waals surface area contributed by atoms with E-state index in [0.717, 1.165) is 17.1 Å². The maximum absolute atomic E-state index is 13.8. The van der Waals surface area contributed by atoms with Crippen LogP contribution >= 0.6 is 0 Å². The minimum absolute atomic E-state index is 0.215. The molecule has 1 saturated heterocycles. The van der Waals surface area contributed by atoms with Crippen LogP contribution in [0.5, 0.6) is 0 Å². The van der Waals surface area contributed by atoms with Crippen LogP contribution in [0.3, 0.4) is 0 Å². The van der Waals surface area contributed by atoms with Crippen molar-refractivity contribution >= 4 is 17.7 Å². The van der Waals surface area contributed by atoms with Gasteiger partial charge in [0.05, 0.1) is 23.6 Å². The monoisotopic (exact) mass is 507 g/mol. The summed E-state index contributed by atoms with van der Waals surface area (Å²) in [6.45, 7) is 13.5. The van der Waals surface area contributed by atoms with Crippen molar-refractivity contribution in [2.24, 2.45) is 0 Å². The van der Waals surface area contributed by atoms with Crippen LogP contribution in [0.15, 0.2) is 28.8 Å². The number of para-hydroxylation sites is 2. The molecule has 11 nitrogen and oxygen atoms in total. The fourth-order valence-electron chi connectivity index (χ4n) is 4.38. The van der Waals surface area contributed by atoms with Gasteiger partial charge in [-0.05, 0) is 32.9 Å². The van der Waals surface area contributed by atoms with E-state index in [0.29, 0.717) is 50.1 Å². The van der Waals surface area contributed by atoms with Crippen molar-refractivity contribution in [1.29, 1.82) is 0 Å². The Morgan fingerprint density at radius 3 is 2.30 bits per heavy atom. The fraction of sp³-hybridized carbons (Fsp3) is 0.500. The molecule has 5 rings (SSSR count). The van der Waals surface area contributed by atoms with Crippen molar-refractivity contribution in [2.75, 3.05) is 31.5 Å². The average Bonchev–Trinajstić information content (AvgIpc) is 3.48. The number of ether oxygens (including phenoxy) is 1. The van der Waals surface area contributed by atoms with E-state index in [2.05, 4.69) is 15.5 Å². The number of hydrogen-bond acceptors (Lipinski definition) is 8. The first-order chi connectivity index (χ1) is 17.4. The molecule has 1 fully saturated rings. The molecular formula is C26H33N7O4. The third-order valence-corrected chi connectivity index (χ3v) is 6.25. The van der Waals surface area contributed by atoms with Crippen molar-refractivity contribution in [3.8, 4) is 17.2 Å². The number of nitrogens with zero attached hydrogens (tertiary/aromatic N) is 6. The van der Waals surface area contributed by atoms with Crippen LogP contribution < -0.4 is 5.32 Å². The van der Waals surface area contributed by atoms with Crippen LogP contribution in [0.2, 0.25) is 0 Å². The van der Waals surface area contributed by atoms with E-state index < -0.39 is 5.60 Å². The van der Waals surface area contributed by atoms with Crippen LogP contribution in [0.4, 0.5) is 10.5 Å². The number of amides is 2. The molecule has 4 heterocycles. The summed E-state index contributed by atoms with van der Waals surface area (Å²) in [5, 5.41) is 7.59. The highest BCUT2D eigenvalue weighted by Gasteiger charge is 2.35. The van der Waals surface area contributed by atoms with Gasteiger partial charge in [-0.1, -0.05) is 38.1 Å². The highest BCUT2D eigenvalue weighted by molar-refractivity contribution is 5.93. The zero-order chi connectivity index (χ0) is 26.5. The summed E-state index contributed by atoms with van der Waals surface area (Å²) in [4.78, 5) is 39.0.